The molecule has 0 aliphatic carbocycles. The number of unbranched alkanes of at least 4 members (excludes halogenated alkanes) is 5. The zero-order valence-electron chi connectivity index (χ0n) is 16.9. The average Bonchev–Trinajstić information content (AvgIpc) is 2.69. The minimum absolute atomic E-state index is 0.618. The van der Waals surface area contributed by atoms with E-state index in [1.807, 2.05) is 6.21 Å². The fraction of sp³-hybridized carbons (Fsp3) is 0.480. The summed E-state index contributed by atoms with van der Waals surface area (Å²) >= 11 is 0. The summed E-state index contributed by atoms with van der Waals surface area (Å²) in [6.07, 6.45) is 12.5. The molecule has 0 heterocycles. The van der Waals surface area contributed by atoms with Gasteiger partial charge in [0.1, 0.15) is 0 Å². The van der Waals surface area contributed by atoms with Gasteiger partial charge in [0.25, 0.3) is 0 Å². The lowest BCUT2D eigenvalue weighted by Crippen LogP contribution is -1.89. The molecule has 26 heavy (non-hydrogen) atoms. The van der Waals surface area contributed by atoms with E-state index in [1.165, 1.54) is 68.1 Å². The van der Waals surface area contributed by atoms with Crippen LogP contribution in [0.15, 0.2) is 53.5 Å². The molecule has 0 aromatic heterocycles. The normalized spacial score (nSPS) is 12.6. The third-order valence-corrected chi connectivity index (χ3v) is 5.24. The van der Waals surface area contributed by atoms with Crippen molar-refractivity contribution in [3.05, 3.63) is 65.2 Å². The van der Waals surface area contributed by atoms with Gasteiger partial charge in [0.05, 0.1) is 5.69 Å². The van der Waals surface area contributed by atoms with Crippen LogP contribution in [0.5, 0.6) is 0 Å². The van der Waals surface area contributed by atoms with Crippen LogP contribution in [0.25, 0.3) is 0 Å². The van der Waals surface area contributed by atoms with Crippen LogP contribution >= 0.6 is 0 Å². The van der Waals surface area contributed by atoms with Crippen molar-refractivity contribution in [3.8, 4) is 0 Å². The minimum atomic E-state index is 0.618. The van der Waals surface area contributed by atoms with Gasteiger partial charge in [0, 0.05) is 6.21 Å². The van der Waals surface area contributed by atoms with Crippen LogP contribution in [0.2, 0.25) is 0 Å². The van der Waals surface area contributed by atoms with Gasteiger partial charge in [0.15, 0.2) is 0 Å². The minimum Gasteiger partial charge on any atom is -0.256 e. The first-order valence-electron chi connectivity index (χ1n) is 10.5. The first-order valence-corrected chi connectivity index (χ1v) is 10.5. The van der Waals surface area contributed by atoms with Crippen LogP contribution < -0.4 is 0 Å². The Hall–Kier alpha value is -1.89. The topological polar surface area (TPSA) is 12.4 Å². The molecule has 0 bridgehead atoms. The van der Waals surface area contributed by atoms with Gasteiger partial charge in [-0.05, 0) is 54.0 Å². The molecule has 1 unspecified atom stereocenters. The van der Waals surface area contributed by atoms with E-state index in [0.29, 0.717) is 5.92 Å². The molecule has 0 aliphatic rings. The van der Waals surface area contributed by atoms with E-state index in [4.69, 9.17) is 0 Å². The van der Waals surface area contributed by atoms with E-state index < -0.39 is 0 Å². The van der Waals surface area contributed by atoms with Gasteiger partial charge in [-0.2, -0.15) is 0 Å². The van der Waals surface area contributed by atoms with Crippen molar-refractivity contribution in [1.29, 1.82) is 0 Å². The van der Waals surface area contributed by atoms with E-state index in [9.17, 15) is 0 Å². The molecule has 140 valence electrons. The summed E-state index contributed by atoms with van der Waals surface area (Å²) in [5, 5.41) is 0. The second-order valence-corrected chi connectivity index (χ2v) is 7.42. The maximum Gasteiger partial charge on any atom is 0.0630 e. The van der Waals surface area contributed by atoms with Gasteiger partial charge in [-0.25, -0.2) is 0 Å². The zero-order chi connectivity index (χ0) is 18.6. The van der Waals surface area contributed by atoms with Gasteiger partial charge in [-0.3, -0.25) is 4.99 Å². The number of hydrogen-bond donors (Lipinski definition) is 0. The summed E-state index contributed by atoms with van der Waals surface area (Å²) in [4.78, 5) is 4.61. The Kier molecular flexibility index (Phi) is 9.17. The van der Waals surface area contributed by atoms with Gasteiger partial charge < -0.3 is 0 Å². The molecule has 1 atom stereocenters. The Labute approximate surface area is 160 Å². The van der Waals surface area contributed by atoms with Crippen molar-refractivity contribution >= 4 is 11.9 Å². The maximum atomic E-state index is 4.61. The van der Waals surface area contributed by atoms with E-state index in [-0.39, 0.29) is 0 Å². The smallest absolute Gasteiger partial charge is 0.0630 e. The summed E-state index contributed by atoms with van der Waals surface area (Å²) in [6, 6.07) is 17.5. The van der Waals surface area contributed by atoms with Crippen molar-refractivity contribution < 1.29 is 0 Å². The van der Waals surface area contributed by atoms with Gasteiger partial charge >= 0.3 is 0 Å². The van der Waals surface area contributed by atoms with Crippen molar-refractivity contribution in [2.45, 2.75) is 78.1 Å². The van der Waals surface area contributed by atoms with E-state index in [2.05, 4.69) is 74.3 Å². The first kappa shape index (κ1) is 20.4. The van der Waals surface area contributed by atoms with Crippen molar-refractivity contribution in [2.24, 2.45) is 4.99 Å². The number of benzene rings is 2. The highest BCUT2D eigenvalue weighted by Crippen LogP contribution is 2.21. The lowest BCUT2D eigenvalue weighted by molar-refractivity contribution is 0.607. The van der Waals surface area contributed by atoms with Gasteiger partial charge in [0.2, 0.25) is 0 Å². The molecule has 0 spiro atoms. The predicted molar refractivity (Wildman–Crippen MR) is 116 cm³/mol. The highest BCUT2D eigenvalue weighted by Gasteiger charge is 2.01. The second-order valence-electron chi connectivity index (χ2n) is 7.42. The third kappa shape index (κ3) is 7.15. The van der Waals surface area contributed by atoms with Crippen LogP contribution in [-0.4, -0.2) is 6.21 Å². The SMILES string of the molecule is CCCCCCCCc1ccc(C=Nc2ccc(C(C)CC)cc2)cc1. The molecule has 1 nitrogen and oxygen atoms in total. The summed E-state index contributed by atoms with van der Waals surface area (Å²) in [6.45, 7) is 6.77. The van der Waals surface area contributed by atoms with E-state index >= 15 is 0 Å². The molecule has 0 N–H and O–H groups in total. The second kappa shape index (κ2) is 11.7. The number of nitrogens with zero attached hydrogens (tertiary/aromatic N) is 1. The molecule has 0 saturated heterocycles. The lowest BCUT2D eigenvalue weighted by Gasteiger charge is -2.08. The summed E-state index contributed by atoms with van der Waals surface area (Å²) in [5.41, 5.74) is 5.02. The molecule has 2 rings (SSSR count). The lowest BCUT2D eigenvalue weighted by atomic mass is 9.99. The standard InChI is InChI=1S/C25H35N/c1-4-6-7-8-9-10-11-22-12-14-23(15-13-22)20-26-25-18-16-24(17-19-25)21(3)5-2/h12-21H,4-11H2,1-3H3. The Morgan fingerprint density at radius 1 is 0.808 bits per heavy atom. The highest BCUT2D eigenvalue weighted by atomic mass is 14.7. The predicted octanol–water partition coefficient (Wildman–Crippen LogP) is 7.85. The van der Waals surface area contributed by atoms with Gasteiger partial charge in [-0.15, -0.1) is 0 Å². The van der Waals surface area contributed by atoms with Crippen LogP contribution in [0.4, 0.5) is 5.69 Å². The molecule has 1 heteroatoms. The van der Waals surface area contributed by atoms with Crippen molar-refractivity contribution in [3.63, 3.8) is 0 Å². The Bertz CT molecular complexity index is 637. The molecule has 0 saturated carbocycles. The monoisotopic (exact) mass is 349 g/mol. The number of rotatable bonds is 11. The maximum absolute atomic E-state index is 4.61. The van der Waals surface area contributed by atoms with Crippen LogP contribution in [-0.2, 0) is 6.42 Å². The number of aryl methyl sites for hydroxylation is 1. The van der Waals surface area contributed by atoms with Crippen molar-refractivity contribution in [2.75, 3.05) is 0 Å². The zero-order valence-corrected chi connectivity index (χ0v) is 16.9. The van der Waals surface area contributed by atoms with Crippen LogP contribution in [0, 0.1) is 0 Å². The molecule has 0 aliphatic heterocycles. The number of hydrogen-bond acceptors (Lipinski definition) is 1. The fourth-order valence-corrected chi connectivity index (χ4v) is 3.15. The molecular weight excluding hydrogens is 314 g/mol. The average molecular weight is 350 g/mol. The Balaban J connectivity index is 1.80. The molecule has 0 radical (unpaired) electrons. The molecule has 0 fully saturated rings. The van der Waals surface area contributed by atoms with Gasteiger partial charge in [-0.1, -0.05) is 89.3 Å². The fourth-order valence-electron chi connectivity index (χ4n) is 3.15. The van der Waals surface area contributed by atoms with E-state index in [1.54, 1.807) is 0 Å². The summed E-state index contributed by atoms with van der Waals surface area (Å²) < 4.78 is 0. The molecule has 2 aromatic rings. The first-order chi connectivity index (χ1) is 12.7. The van der Waals surface area contributed by atoms with Crippen molar-refractivity contribution in [1.82, 2.24) is 0 Å². The largest absolute Gasteiger partial charge is 0.256 e. The van der Waals surface area contributed by atoms with Crippen LogP contribution in [0.1, 0.15) is 88.3 Å². The third-order valence-electron chi connectivity index (χ3n) is 5.24. The quantitative estimate of drug-likeness (QED) is 0.289. The molecular formula is C25H35N. The summed E-state index contributed by atoms with van der Waals surface area (Å²) in [5.74, 6) is 0.618. The highest BCUT2D eigenvalue weighted by molar-refractivity contribution is 5.81. The molecule has 0 amide bonds. The van der Waals surface area contributed by atoms with E-state index in [0.717, 1.165) is 5.69 Å². The summed E-state index contributed by atoms with van der Waals surface area (Å²) in [7, 11) is 0. The Morgan fingerprint density at radius 2 is 1.46 bits per heavy atom. The molecule has 2 aromatic carbocycles. The van der Waals surface area contributed by atoms with Crippen LogP contribution in [0.3, 0.4) is 0 Å². The Morgan fingerprint density at radius 3 is 2.12 bits per heavy atom. The number of aliphatic imine (C=N–C) groups is 1.